The summed E-state index contributed by atoms with van der Waals surface area (Å²) in [5.74, 6) is 0. The van der Waals surface area contributed by atoms with Crippen molar-refractivity contribution in [3.05, 3.63) is 17.5 Å². The van der Waals surface area contributed by atoms with Gasteiger partial charge in [-0.2, -0.15) is 18.3 Å². The number of aryl methyl sites for hydroxylation is 1. The van der Waals surface area contributed by atoms with Crippen LogP contribution in [0.2, 0.25) is 0 Å². The minimum Gasteiger partial charge on any atom is -0.273 e. The van der Waals surface area contributed by atoms with Crippen LogP contribution < -0.4 is 0 Å². The highest BCUT2D eigenvalue weighted by molar-refractivity contribution is 5.19. The van der Waals surface area contributed by atoms with E-state index in [9.17, 15) is 13.2 Å². The van der Waals surface area contributed by atoms with Crippen LogP contribution in [0.3, 0.4) is 0 Å². The molecule has 0 saturated carbocycles. The molecule has 0 aliphatic rings. The lowest BCUT2D eigenvalue weighted by molar-refractivity contribution is -0.141. The van der Waals surface area contributed by atoms with Gasteiger partial charge >= 0.3 is 6.18 Å². The van der Waals surface area contributed by atoms with E-state index in [-0.39, 0.29) is 5.56 Å². The Morgan fingerprint density at radius 3 is 2.69 bits per heavy atom. The third-order valence-electron chi connectivity index (χ3n) is 1.80. The number of H-pyrrole nitrogens is 1. The molecule has 1 heterocycles. The monoisotopic (exact) mass is 192 g/mol. The zero-order valence-corrected chi connectivity index (χ0v) is 7.28. The summed E-state index contributed by atoms with van der Waals surface area (Å²) >= 11 is 0. The van der Waals surface area contributed by atoms with Crippen LogP contribution in [0.1, 0.15) is 31.0 Å². The Balaban J connectivity index is 2.77. The van der Waals surface area contributed by atoms with E-state index in [0.29, 0.717) is 6.42 Å². The summed E-state index contributed by atoms with van der Waals surface area (Å²) in [6.07, 6.45) is -0.995. The molecule has 0 fully saturated rings. The van der Waals surface area contributed by atoms with E-state index in [2.05, 4.69) is 5.10 Å². The van der Waals surface area contributed by atoms with Gasteiger partial charge in [-0.05, 0) is 12.8 Å². The van der Waals surface area contributed by atoms with Gasteiger partial charge in [0, 0.05) is 5.56 Å². The fraction of sp³-hybridized carbons (Fsp3) is 0.625. The Morgan fingerprint density at radius 1 is 1.46 bits per heavy atom. The lowest BCUT2D eigenvalue weighted by atomic mass is 10.1. The van der Waals surface area contributed by atoms with Gasteiger partial charge < -0.3 is 0 Å². The standard InChI is InChI=1S/C8H11F3N2/c1-2-3-4-6-5-12-13-7(6)8(9,10)11/h5H,2-4H2,1H3,(H,12,13). The third kappa shape index (κ3) is 2.47. The second-order valence-corrected chi connectivity index (χ2v) is 2.87. The predicted molar refractivity (Wildman–Crippen MR) is 42.2 cm³/mol. The first kappa shape index (κ1) is 10.1. The molecule has 13 heavy (non-hydrogen) atoms. The zero-order valence-electron chi connectivity index (χ0n) is 7.28. The van der Waals surface area contributed by atoms with Gasteiger partial charge in [-0.1, -0.05) is 13.3 Å². The van der Waals surface area contributed by atoms with E-state index >= 15 is 0 Å². The summed E-state index contributed by atoms with van der Waals surface area (Å²) in [6, 6.07) is 0. The van der Waals surface area contributed by atoms with Gasteiger partial charge in [0.2, 0.25) is 0 Å². The van der Waals surface area contributed by atoms with Crippen molar-refractivity contribution in [3.8, 4) is 0 Å². The van der Waals surface area contributed by atoms with E-state index in [1.54, 1.807) is 0 Å². The Hall–Kier alpha value is -1.00. The van der Waals surface area contributed by atoms with E-state index < -0.39 is 11.9 Å². The molecule has 0 atom stereocenters. The smallest absolute Gasteiger partial charge is 0.273 e. The fourth-order valence-corrected chi connectivity index (χ4v) is 1.11. The lowest BCUT2D eigenvalue weighted by Gasteiger charge is -2.05. The van der Waals surface area contributed by atoms with Crippen molar-refractivity contribution >= 4 is 0 Å². The van der Waals surface area contributed by atoms with Crippen LogP contribution >= 0.6 is 0 Å². The van der Waals surface area contributed by atoms with Crippen LogP contribution in [0, 0.1) is 0 Å². The molecular formula is C8H11F3N2. The third-order valence-corrected chi connectivity index (χ3v) is 1.80. The summed E-state index contributed by atoms with van der Waals surface area (Å²) in [5, 5.41) is 5.38. The molecule has 0 bridgehead atoms. The van der Waals surface area contributed by atoms with Gasteiger partial charge in [0.25, 0.3) is 0 Å². The van der Waals surface area contributed by atoms with Crippen molar-refractivity contribution in [2.45, 2.75) is 32.4 Å². The van der Waals surface area contributed by atoms with E-state index in [1.807, 2.05) is 12.0 Å². The molecule has 2 nitrogen and oxygen atoms in total. The Bertz CT molecular complexity index is 265. The van der Waals surface area contributed by atoms with Crippen molar-refractivity contribution in [1.29, 1.82) is 0 Å². The molecule has 0 spiro atoms. The van der Waals surface area contributed by atoms with Gasteiger partial charge in [0.15, 0.2) is 0 Å². The molecule has 0 aliphatic heterocycles. The minimum atomic E-state index is -4.31. The number of nitrogens with one attached hydrogen (secondary N) is 1. The predicted octanol–water partition coefficient (Wildman–Crippen LogP) is 2.77. The first-order valence-electron chi connectivity index (χ1n) is 4.15. The average molecular weight is 192 g/mol. The molecule has 1 rings (SSSR count). The van der Waals surface area contributed by atoms with Gasteiger partial charge in [-0.25, -0.2) is 0 Å². The molecule has 5 heteroatoms. The first-order valence-corrected chi connectivity index (χ1v) is 4.15. The van der Waals surface area contributed by atoms with Crippen LogP contribution in [0.15, 0.2) is 6.20 Å². The first-order chi connectivity index (χ1) is 6.05. The van der Waals surface area contributed by atoms with Crippen LogP contribution in [-0.2, 0) is 12.6 Å². The number of rotatable bonds is 3. The normalized spacial score (nSPS) is 12.0. The zero-order chi connectivity index (χ0) is 9.90. The van der Waals surface area contributed by atoms with Crippen LogP contribution in [0.4, 0.5) is 13.2 Å². The van der Waals surface area contributed by atoms with Gasteiger partial charge in [0.1, 0.15) is 5.69 Å². The van der Waals surface area contributed by atoms with Crippen LogP contribution in [-0.4, -0.2) is 10.2 Å². The largest absolute Gasteiger partial charge is 0.433 e. The number of hydrogen-bond acceptors (Lipinski definition) is 1. The second kappa shape index (κ2) is 3.81. The number of nitrogens with zero attached hydrogens (tertiary/aromatic N) is 1. The van der Waals surface area contributed by atoms with Gasteiger partial charge in [0.05, 0.1) is 6.20 Å². The van der Waals surface area contributed by atoms with E-state index in [0.717, 1.165) is 12.8 Å². The summed E-state index contributed by atoms with van der Waals surface area (Å²) < 4.78 is 36.7. The molecule has 0 radical (unpaired) electrons. The molecule has 0 aliphatic carbocycles. The number of aromatic nitrogens is 2. The molecule has 0 amide bonds. The maximum absolute atomic E-state index is 12.2. The summed E-state index contributed by atoms with van der Waals surface area (Å²) in [7, 11) is 0. The Morgan fingerprint density at radius 2 is 2.15 bits per heavy atom. The molecule has 0 saturated heterocycles. The fourth-order valence-electron chi connectivity index (χ4n) is 1.11. The topological polar surface area (TPSA) is 28.7 Å². The highest BCUT2D eigenvalue weighted by Gasteiger charge is 2.34. The van der Waals surface area contributed by atoms with Crippen LogP contribution in [0.5, 0.6) is 0 Å². The maximum atomic E-state index is 12.2. The second-order valence-electron chi connectivity index (χ2n) is 2.87. The summed E-state index contributed by atoms with van der Waals surface area (Å²) in [6.45, 7) is 1.94. The van der Waals surface area contributed by atoms with Crippen molar-refractivity contribution < 1.29 is 13.2 Å². The van der Waals surface area contributed by atoms with E-state index in [4.69, 9.17) is 0 Å². The summed E-state index contributed by atoms with van der Waals surface area (Å²) in [5.41, 5.74) is -0.449. The molecule has 0 aromatic carbocycles. The quantitative estimate of drug-likeness (QED) is 0.783. The number of aromatic amines is 1. The van der Waals surface area contributed by atoms with Crippen molar-refractivity contribution in [1.82, 2.24) is 10.2 Å². The highest BCUT2D eigenvalue weighted by atomic mass is 19.4. The van der Waals surface area contributed by atoms with Crippen molar-refractivity contribution in [2.75, 3.05) is 0 Å². The maximum Gasteiger partial charge on any atom is 0.433 e. The summed E-state index contributed by atoms with van der Waals surface area (Å²) in [4.78, 5) is 0. The molecule has 74 valence electrons. The molecule has 1 aromatic rings. The Labute approximate surface area is 74.1 Å². The lowest BCUT2D eigenvalue weighted by Crippen LogP contribution is -2.08. The average Bonchev–Trinajstić information content (AvgIpc) is 2.47. The molecule has 0 unspecified atom stereocenters. The molecule has 1 N–H and O–H groups in total. The molecular weight excluding hydrogens is 181 g/mol. The number of hydrogen-bond donors (Lipinski definition) is 1. The molecule has 1 aromatic heterocycles. The number of halogens is 3. The number of alkyl halides is 3. The van der Waals surface area contributed by atoms with Gasteiger partial charge in [-0.15, -0.1) is 0 Å². The van der Waals surface area contributed by atoms with E-state index in [1.165, 1.54) is 6.20 Å². The van der Waals surface area contributed by atoms with Crippen LogP contribution in [0.25, 0.3) is 0 Å². The van der Waals surface area contributed by atoms with Gasteiger partial charge in [-0.3, -0.25) is 5.10 Å². The highest BCUT2D eigenvalue weighted by Crippen LogP contribution is 2.30. The van der Waals surface area contributed by atoms with Crippen molar-refractivity contribution in [3.63, 3.8) is 0 Å². The SMILES string of the molecule is CCCCc1cn[nH]c1C(F)(F)F. The number of unbranched alkanes of at least 4 members (excludes halogenated alkanes) is 1. The minimum absolute atomic E-state index is 0.259. The Kier molecular flexibility index (Phi) is 2.95. The van der Waals surface area contributed by atoms with Crippen molar-refractivity contribution in [2.24, 2.45) is 0 Å².